The number of nitrogens with one attached hydrogen (secondary N) is 1. The van der Waals surface area contributed by atoms with E-state index < -0.39 is 0 Å². The second kappa shape index (κ2) is 9.60. The zero-order valence-corrected chi connectivity index (χ0v) is 17.8. The molecule has 0 bridgehead atoms. The van der Waals surface area contributed by atoms with Crippen molar-refractivity contribution >= 4 is 29.0 Å². The SMILES string of the molecule is COc1ccc(-c2nnc(SCC(=O)NC(c3ccccc3)c3cccs3)o2)cc1. The smallest absolute Gasteiger partial charge is 0.277 e. The van der Waals surface area contributed by atoms with Crippen LogP contribution in [0.2, 0.25) is 0 Å². The van der Waals surface area contributed by atoms with Crippen molar-refractivity contribution in [2.45, 2.75) is 11.3 Å². The number of rotatable bonds is 8. The van der Waals surface area contributed by atoms with Crippen LogP contribution in [-0.2, 0) is 4.79 Å². The average molecular weight is 438 g/mol. The van der Waals surface area contributed by atoms with E-state index in [1.807, 2.05) is 72.1 Å². The highest BCUT2D eigenvalue weighted by Crippen LogP contribution is 2.27. The molecule has 8 heteroatoms. The summed E-state index contributed by atoms with van der Waals surface area (Å²) >= 11 is 2.83. The van der Waals surface area contributed by atoms with Crippen molar-refractivity contribution in [3.63, 3.8) is 0 Å². The summed E-state index contributed by atoms with van der Waals surface area (Å²) in [4.78, 5) is 13.7. The predicted molar refractivity (Wildman–Crippen MR) is 118 cm³/mol. The number of hydrogen-bond donors (Lipinski definition) is 1. The van der Waals surface area contributed by atoms with E-state index in [9.17, 15) is 4.79 Å². The summed E-state index contributed by atoms with van der Waals surface area (Å²) in [6, 6.07) is 21.1. The van der Waals surface area contributed by atoms with Gasteiger partial charge in [0.05, 0.1) is 18.9 Å². The molecule has 1 unspecified atom stereocenters. The molecule has 0 aliphatic heterocycles. The maximum Gasteiger partial charge on any atom is 0.277 e. The molecule has 0 spiro atoms. The van der Waals surface area contributed by atoms with Crippen molar-refractivity contribution in [3.8, 4) is 17.2 Å². The van der Waals surface area contributed by atoms with E-state index in [-0.39, 0.29) is 17.7 Å². The lowest BCUT2D eigenvalue weighted by atomic mass is 10.1. The van der Waals surface area contributed by atoms with Gasteiger partial charge < -0.3 is 14.5 Å². The summed E-state index contributed by atoms with van der Waals surface area (Å²) in [5.41, 5.74) is 1.83. The number of thiophene rings is 1. The highest BCUT2D eigenvalue weighted by atomic mass is 32.2. The summed E-state index contributed by atoms with van der Waals surface area (Å²) in [5, 5.41) is 13.6. The molecule has 1 atom stereocenters. The number of methoxy groups -OCH3 is 1. The van der Waals surface area contributed by atoms with Gasteiger partial charge in [0.25, 0.3) is 5.22 Å². The fourth-order valence-corrected chi connectivity index (χ4v) is 4.24. The predicted octanol–water partition coefficient (Wildman–Crippen LogP) is 4.80. The average Bonchev–Trinajstić information content (AvgIpc) is 3.49. The molecule has 0 radical (unpaired) electrons. The summed E-state index contributed by atoms with van der Waals surface area (Å²) < 4.78 is 10.8. The van der Waals surface area contributed by atoms with E-state index in [2.05, 4.69) is 15.5 Å². The summed E-state index contributed by atoms with van der Waals surface area (Å²) in [6.45, 7) is 0. The minimum Gasteiger partial charge on any atom is -0.497 e. The van der Waals surface area contributed by atoms with Gasteiger partial charge in [0, 0.05) is 10.4 Å². The number of ether oxygens (including phenoxy) is 1. The Hall–Kier alpha value is -3.10. The van der Waals surface area contributed by atoms with Gasteiger partial charge in [-0.1, -0.05) is 48.2 Å². The molecule has 2 aromatic carbocycles. The molecular formula is C22H19N3O3S2. The fourth-order valence-electron chi connectivity index (χ4n) is 2.87. The molecule has 0 aliphatic carbocycles. The van der Waals surface area contributed by atoms with Crippen LogP contribution in [-0.4, -0.2) is 29.0 Å². The first-order valence-corrected chi connectivity index (χ1v) is 11.1. The normalized spacial score (nSPS) is 11.8. The van der Waals surface area contributed by atoms with Crippen molar-refractivity contribution in [2.75, 3.05) is 12.9 Å². The number of hydrogen-bond acceptors (Lipinski definition) is 7. The van der Waals surface area contributed by atoms with Crippen LogP contribution in [0.5, 0.6) is 5.75 Å². The number of carbonyl (C=O) groups excluding carboxylic acids is 1. The van der Waals surface area contributed by atoms with Gasteiger partial charge in [0.15, 0.2) is 0 Å². The Kier molecular flexibility index (Phi) is 6.46. The van der Waals surface area contributed by atoms with Crippen LogP contribution in [0.15, 0.2) is 81.8 Å². The topological polar surface area (TPSA) is 77.2 Å². The lowest BCUT2D eigenvalue weighted by Crippen LogP contribution is -2.30. The van der Waals surface area contributed by atoms with Crippen LogP contribution in [0, 0.1) is 0 Å². The highest BCUT2D eigenvalue weighted by Gasteiger charge is 2.19. The highest BCUT2D eigenvalue weighted by molar-refractivity contribution is 7.99. The molecule has 2 heterocycles. The van der Waals surface area contributed by atoms with E-state index in [1.165, 1.54) is 11.8 Å². The Bertz CT molecular complexity index is 1080. The van der Waals surface area contributed by atoms with Crippen molar-refractivity contribution in [1.82, 2.24) is 15.5 Å². The maximum absolute atomic E-state index is 12.6. The van der Waals surface area contributed by atoms with E-state index in [0.717, 1.165) is 21.8 Å². The van der Waals surface area contributed by atoms with Crippen LogP contribution < -0.4 is 10.1 Å². The van der Waals surface area contributed by atoms with E-state index in [0.29, 0.717) is 11.1 Å². The van der Waals surface area contributed by atoms with Gasteiger partial charge in [-0.3, -0.25) is 4.79 Å². The van der Waals surface area contributed by atoms with Crippen molar-refractivity contribution < 1.29 is 13.9 Å². The maximum atomic E-state index is 12.6. The van der Waals surface area contributed by atoms with Crippen molar-refractivity contribution in [3.05, 3.63) is 82.6 Å². The van der Waals surface area contributed by atoms with E-state index in [4.69, 9.17) is 9.15 Å². The van der Waals surface area contributed by atoms with Gasteiger partial charge >= 0.3 is 0 Å². The van der Waals surface area contributed by atoms with Crippen LogP contribution in [0.4, 0.5) is 0 Å². The molecule has 1 amide bonds. The number of nitrogens with zero attached hydrogens (tertiary/aromatic N) is 2. The third-order valence-corrected chi connectivity index (χ3v) is 6.09. The van der Waals surface area contributed by atoms with Crippen LogP contribution in [0.1, 0.15) is 16.5 Å². The number of amides is 1. The van der Waals surface area contributed by atoms with Crippen LogP contribution >= 0.6 is 23.1 Å². The number of benzene rings is 2. The van der Waals surface area contributed by atoms with Gasteiger partial charge in [0.1, 0.15) is 5.75 Å². The molecule has 4 aromatic rings. The second-order valence-electron chi connectivity index (χ2n) is 6.32. The Morgan fingerprint density at radius 2 is 1.90 bits per heavy atom. The van der Waals surface area contributed by atoms with Crippen molar-refractivity contribution in [2.24, 2.45) is 0 Å². The Labute approximate surface area is 182 Å². The van der Waals surface area contributed by atoms with Crippen molar-refractivity contribution in [1.29, 1.82) is 0 Å². The minimum absolute atomic E-state index is 0.105. The molecule has 30 heavy (non-hydrogen) atoms. The third kappa shape index (κ3) is 4.90. The van der Waals surface area contributed by atoms with Crippen LogP contribution in [0.25, 0.3) is 11.5 Å². The van der Waals surface area contributed by atoms with Gasteiger partial charge in [-0.15, -0.1) is 21.5 Å². The first-order chi connectivity index (χ1) is 14.7. The fraction of sp³-hybridized carbons (Fsp3) is 0.136. The monoisotopic (exact) mass is 437 g/mol. The molecule has 1 N–H and O–H groups in total. The third-order valence-electron chi connectivity index (χ3n) is 4.34. The zero-order chi connectivity index (χ0) is 20.8. The summed E-state index contributed by atoms with van der Waals surface area (Å²) in [7, 11) is 1.61. The largest absolute Gasteiger partial charge is 0.497 e. The molecule has 6 nitrogen and oxygen atoms in total. The molecule has 0 fully saturated rings. The van der Waals surface area contributed by atoms with E-state index in [1.54, 1.807) is 18.4 Å². The molecular weight excluding hydrogens is 418 g/mol. The minimum atomic E-state index is -0.183. The first-order valence-electron chi connectivity index (χ1n) is 9.21. The quantitative estimate of drug-likeness (QED) is 0.399. The second-order valence-corrected chi connectivity index (χ2v) is 8.22. The lowest BCUT2D eigenvalue weighted by molar-refractivity contribution is -0.119. The van der Waals surface area contributed by atoms with Gasteiger partial charge in [-0.25, -0.2) is 0 Å². The van der Waals surface area contributed by atoms with Gasteiger partial charge in [-0.2, -0.15) is 0 Å². The standard InChI is InChI=1S/C22H19N3O3S2/c1-27-17-11-9-16(10-12-17)21-24-25-22(28-21)30-14-19(26)23-20(18-8-5-13-29-18)15-6-3-2-4-7-15/h2-13,20H,14H2,1H3,(H,23,26). The molecule has 4 rings (SSSR count). The summed E-state index contributed by atoms with van der Waals surface area (Å²) in [6.07, 6.45) is 0. The lowest BCUT2D eigenvalue weighted by Gasteiger charge is -2.17. The zero-order valence-electron chi connectivity index (χ0n) is 16.1. The number of carbonyl (C=O) groups is 1. The number of thioether (sulfide) groups is 1. The van der Waals surface area contributed by atoms with Gasteiger partial charge in [0.2, 0.25) is 11.8 Å². The number of aromatic nitrogens is 2. The first kappa shape index (κ1) is 20.2. The molecule has 0 saturated heterocycles. The molecule has 0 aliphatic rings. The Balaban J connectivity index is 1.39. The van der Waals surface area contributed by atoms with Gasteiger partial charge in [-0.05, 0) is 41.3 Å². The molecule has 152 valence electrons. The summed E-state index contributed by atoms with van der Waals surface area (Å²) in [5.74, 6) is 1.23. The Morgan fingerprint density at radius 3 is 2.60 bits per heavy atom. The molecule has 2 aromatic heterocycles. The van der Waals surface area contributed by atoms with E-state index >= 15 is 0 Å². The van der Waals surface area contributed by atoms with Crippen LogP contribution in [0.3, 0.4) is 0 Å². The molecule has 0 saturated carbocycles. The Morgan fingerprint density at radius 1 is 1.10 bits per heavy atom.